The van der Waals surface area contributed by atoms with Gasteiger partial charge in [0.2, 0.25) is 11.8 Å². The molecule has 0 unspecified atom stereocenters. The van der Waals surface area contributed by atoms with Crippen molar-refractivity contribution in [3.63, 3.8) is 0 Å². The molecule has 0 N–H and O–H groups in total. The number of methoxy groups -OCH3 is 1. The van der Waals surface area contributed by atoms with E-state index in [9.17, 15) is 9.59 Å². The number of ether oxygens (including phenoxy) is 1. The predicted octanol–water partition coefficient (Wildman–Crippen LogP) is 4.04. The van der Waals surface area contributed by atoms with E-state index in [-0.39, 0.29) is 11.8 Å². The molecule has 7 heteroatoms. The number of hydrogen-bond donors (Lipinski definition) is 0. The predicted molar refractivity (Wildman–Crippen MR) is 117 cm³/mol. The van der Waals surface area contributed by atoms with Crippen LogP contribution < -0.4 is 4.74 Å². The average molecular weight is 435 g/mol. The van der Waals surface area contributed by atoms with Crippen LogP contribution in [0.3, 0.4) is 0 Å². The lowest BCUT2D eigenvalue weighted by atomic mass is 10.1. The van der Waals surface area contributed by atoms with E-state index in [1.54, 1.807) is 7.11 Å². The van der Waals surface area contributed by atoms with Gasteiger partial charge >= 0.3 is 0 Å². The first-order valence-corrected chi connectivity index (χ1v) is 11.2. The molecule has 0 aliphatic carbocycles. The average Bonchev–Trinajstić information content (AvgIpc) is 3.00. The van der Waals surface area contributed by atoms with Crippen LogP contribution in [-0.4, -0.2) is 54.9 Å². The van der Waals surface area contributed by atoms with Crippen LogP contribution in [-0.2, 0) is 22.4 Å². The number of aryl methyl sites for hydroxylation is 2. The molecular weight excluding hydrogens is 408 g/mol. The van der Waals surface area contributed by atoms with Crippen molar-refractivity contribution in [3.8, 4) is 5.75 Å². The van der Waals surface area contributed by atoms with Gasteiger partial charge in [0.05, 0.1) is 11.4 Å². The van der Waals surface area contributed by atoms with Gasteiger partial charge in [-0.1, -0.05) is 23.7 Å². The number of carbonyl (C=O) groups is 2. The Bertz CT molecular complexity index is 822. The fourth-order valence-electron chi connectivity index (χ4n) is 3.49. The minimum absolute atomic E-state index is 0.155. The van der Waals surface area contributed by atoms with Crippen molar-refractivity contribution in [3.05, 3.63) is 51.2 Å². The third-order valence-corrected chi connectivity index (χ3v) is 6.49. The van der Waals surface area contributed by atoms with Crippen LogP contribution in [0.4, 0.5) is 0 Å². The lowest BCUT2D eigenvalue weighted by molar-refractivity contribution is -0.133. The van der Waals surface area contributed by atoms with Crippen molar-refractivity contribution >= 4 is 34.8 Å². The minimum Gasteiger partial charge on any atom is -0.497 e. The van der Waals surface area contributed by atoms with E-state index in [0.29, 0.717) is 45.4 Å². The smallest absolute Gasteiger partial charge is 0.222 e. The molecule has 0 bridgehead atoms. The highest BCUT2D eigenvalue weighted by Gasteiger charge is 2.21. The Balaban J connectivity index is 1.43. The second-order valence-corrected chi connectivity index (χ2v) is 8.97. The summed E-state index contributed by atoms with van der Waals surface area (Å²) in [6.45, 7) is 2.65. The van der Waals surface area contributed by atoms with Gasteiger partial charge < -0.3 is 14.5 Å². The van der Waals surface area contributed by atoms with Crippen LogP contribution in [0, 0.1) is 0 Å². The quantitative estimate of drug-likeness (QED) is 0.660. The molecule has 2 heterocycles. The largest absolute Gasteiger partial charge is 0.497 e. The van der Waals surface area contributed by atoms with Crippen LogP contribution >= 0.6 is 22.9 Å². The number of thiophene rings is 1. The molecule has 156 valence electrons. The lowest BCUT2D eigenvalue weighted by Gasteiger charge is -2.22. The second kappa shape index (κ2) is 10.6. The summed E-state index contributed by atoms with van der Waals surface area (Å²) < 4.78 is 5.92. The fraction of sp³-hybridized carbons (Fsp3) is 0.455. The summed E-state index contributed by atoms with van der Waals surface area (Å²) in [6, 6.07) is 11.7. The van der Waals surface area contributed by atoms with E-state index in [1.165, 1.54) is 11.3 Å². The highest BCUT2D eigenvalue weighted by atomic mass is 35.5. The molecule has 1 aliphatic rings. The van der Waals surface area contributed by atoms with Crippen LogP contribution in [0.25, 0.3) is 0 Å². The summed E-state index contributed by atoms with van der Waals surface area (Å²) in [6.07, 6.45) is 3.23. The van der Waals surface area contributed by atoms with Gasteiger partial charge in [0.15, 0.2) is 0 Å². The van der Waals surface area contributed by atoms with Crippen molar-refractivity contribution < 1.29 is 14.3 Å². The highest BCUT2D eigenvalue weighted by Crippen LogP contribution is 2.23. The molecule has 1 aromatic heterocycles. The van der Waals surface area contributed by atoms with Gasteiger partial charge in [-0.05, 0) is 49.1 Å². The molecular formula is C22H27ClN2O3S. The highest BCUT2D eigenvalue weighted by molar-refractivity contribution is 7.16. The molecule has 5 nitrogen and oxygen atoms in total. The summed E-state index contributed by atoms with van der Waals surface area (Å²) >= 11 is 7.48. The Morgan fingerprint density at radius 3 is 2.10 bits per heavy atom. The zero-order valence-corrected chi connectivity index (χ0v) is 18.3. The second-order valence-electron chi connectivity index (χ2n) is 7.17. The topological polar surface area (TPSA) is 49.9 Å². The Morgan fingerprint density at radius 2 is 1.55 bits per heavy atom. The molecule has 29 heavy (non-hydrogen) atoms. The number of amides is 2. The first-order valence-electron chi connectivity index (χ1n) is 9.98. The number of hydrogen-bond acceptors (Lipinski definition) is 4. The molecule has 1 aromatic carbocycles. The zero-order chi connectivity index (χ0) is 20.6. The Morgan fingerprint density at radius 1 is 0.931 bits per heavy atom. The third kappa shape index (κ3) is 6.47. The molecule has 3 rings (SSSR count). The standard InChI is InChI=1S/C22H27ClN2O3S/c1-28-18-6-3-17(4-7-18)5-11-21(26)24-13-2-14-25(16-15-24)22(27)12-9-19-8-10-20(23)29-19/h3-4,6-8,10H,2,5,9,11-16H2,1H3. The summed E-state index contributed by atoms with van der Waals surface area (Å²) in [5.41, 5.74) is 1.12. The van der Waals surface area contributed by atoms with Crippen LogP contribution in [0.2, 0.25) is 4.34 Å². The summed E-state index contributed by atoms with van der Waals surface area (Å²) in [5.74, 6) is 1.13. The monoisotopic (exact) mass is 434 g/mol. The minimum atomic E-state index is 0.155. The first kappa shape index (κ1) is 21.7. The van der Waals surface area contributed by atoms with Gasteiger partial charge in [-0.2, -0.15) is 0 Å². The van der Waals surface area contributed by atoms with Crippen molar-refractivity contribution in [2.45, 2.75) is 32.1 Å². The number of rotatable bonds is 7. The van der Waals surface area contributed by atoms with E-state index in [0.717, 1.165) is 33.4 Å². The van der Waals surface area contributed by atoms with E-state index >= 15 is 0 Å². The number of halogens is 1. The zero-order valence-electron chi connectivity index (χ0n) is 16.7. The maximum atomic E-state index is 12.6. The molecule has 1 saturated heterocycles. The summed E-state index contributed by atoms with van der Waals surface area (Å²) in [7, 11) is 1.64. The Kier molecular flexibility index (Phi) is 7.95. The number of nitrogens with zero attached hydrogens (tertiary/aromatic N) is 2. The third-order valence-electron chi connectivity index (χ3n) is 5.20. The van der Waals surface area contributed by atoms with E-state index < -0.39 is 0 Å². The Hall–Kier alpha value is -2.05. The van der Waals surface area contributed by atoms with Crippen molar-refractivity contribution in [2.24, 2.45) is 0 Å². The SMILES string of the molecule is COc1ccc(CCC(=O)N2CCCN(C(=O)CCc3ccc(Cl)s3)CC2)cc1. The van der Waals surface area contributed by atoms with Crippen molar-refractivity contribution in [2.75, 3.05) is 33.3 Å². The number of benzene rings is 1. The van der Waals surface area contributed by atoms with Crippen molar-refractivity contribution in [1.82, 2.24) is 9.80 Å². The van der Waals surface area contributed by atoms with Crippen LogP contribution in [0.1, 0.15) is 29.7 Å². The molecule has 1 aliphatic heterocycles. The molecule has 2 amide bonds. The molecule has 0 atom stereocenters. The van der Waals surface area contributed by atoms with Gasteiger partial charge in [-0.25, -0.2) is 0 Å². The maximum absolute atomic E-state index is 12.6. The fourth-order valence-corrected chi connectivity index (χ4v) is 4.58. The van der Waals surface area contributed by atoms with Gasteiger partial charge in [0, 0.05) is 43.9 Å². The van der Waals surface area contributed by atoms with E-state index in [4.69, 9.17) is 16.3 Å². The lowest BCUT2D eigenvalue weighted by Crippen LogP contribution is -2.37. The van der Waals surface area contributed by atoms with E-state index in [1.807, 2.05) is 46.2 Å². The summed E-state index contributed by atoms with van der Waals surface area (Å²) in [4.78, 5) is 30.1. The molecule has 0 spiro atoms. The van der Waals surface area contributed by atoms with Gasteiger partial charge in [-0.3, -0.25) is 9.59 Å². The molecule has 0 saturated carbocycles. The number of carbonyl (C=O) groups excluding carboxylic acids is 2. The summed E-state index contributed by atoms with van der Waals surface area (Å²) in [5, 5.41) is 0. The normalized spacial score (nSPS) is 14.6. The molecule has 2 aromatic rings. The van der Waals surface area contributed by atoms with Gasteiger partial charge in [0.1, 0.15) is 5.75 Å². The van der Waals surface area contributed by atoms with Gasteiger partial charge in [0.25, 0.3) is 0 Å². The molecule has 1 fully saturated rings. The first-order chi connectivity index (χ1) is 14.0. The van der Waals surface area contributed by atoms with E-state index in [2.05, 4.69) is 0 Å². The Labute approximate surface area is 181 Å². The van der Waals surface area contributed by atoms with Crippen LogP contribution in [0.5, 0.6) is 5.75 Å². The van der Waals surface area contributed by atoms with Crippen molar-refractivity contribution in [1.29, 1.82) is 0 Å². The van der Waals surface area contributed by atoms with Crippen LogP contribution in [0.15, 0.2) is 36.4 Å². The maximum Gasteiger partial charge on any atom is 0.222 e. The molecule has 0 radical (unpaired) electrons. The van der Waals surface area contributed by atoms with Gasteiger partial charge in [-0.15, -0.1) is 11.3 Å².